The Morgan fingerprint density at radius 2 is 1.71 bits per heavy atom. The van der Waals surface area contributed by atoms with Crippen molar-refractivity contribution < 1.29 is 4.79 Å². The van der Waals surface area contributed by atoms with E-state index in [4.69, 9.17) is 0 Å². The van der Waals surface area contributed by atoms with Gasteiger partial charge in [0.05, 0.1) is 6.54 Å². The summed E-state index contributed by atoms with van der Waals surface area (Å²) < 4.78 is 0. The van der Waals surface area contributed by atoms with E-state index in [0.717, 1.165) is 12.8 Å². The Kier molecular flexibility index (Phi) is 5.60. The molecule has 0 aromatic rings. The molecule has 3 nitrogen and oxygen atoms in total. The monoisotopic (exact) mass is 198 g/mol. The lowest BCUT2D eigenvalue weighted by molar-refractivity contribution is -0.121. The third-order valence-electron chi connectivity index (χ3n) is 2.81. The third-order valence-corrected chi connectivity index (χ3v) is 2.81. The van der Waals surface area contributed by atoms with Crippen LogP contribution in [0.3, 0.4) is 0 Å². The predicted octanol–water partition coefficient (Wildman–Crippen LogP) is 1.43. The highest BCUT2D eigenvalue weighted by Gasteiger charge is 2.12. The molecule has 1 amide bonds. The number of hydrogen-bond acceptors (Lipinski definition) is 2. The summed E-state index contributed by atoms with van der Waals surface area (Å²) in [4.78, 5) is 11.3. The van der Waals surface area contributed by atoms with Gasteiger partial charge in [-0.25, -0.2) is 0 Å². The lowest BCUT2D eigenvalue weighted by Gasteiger charge is -2.20. The first-order chi connectivity index (χ1) is 6.83. The summed E-state index contributed by atoms with van der Waals surface area (Å²) in [5, 5.41) is 5.96. The smallest absolute Gasteiger partial charge is 0.234 e. The summed E-state index contributed by atoms with van der Waals surface area (Å²) in [6.45, 7) is 0.441. The van der Waals surface area contributed by atoms with Gasteiger partial charge >= 0.3 is 0 Å². The molecule has 1 aliphatic carbocycles. The fraction of sp³-hybridized carbons (Fsp3) is 0.909. The van der Waals surface area contributed by atoms with E-state index in [2.05, 4.69) is 10.6 Å². The number of carbonyl (C=O) groups is 1. The van der Waals surface area contributed by atoms with Crippen molar-refractivity contribution in [1.82, 2.24) is 10.6 Å². The van der Waals surface area contributed by atoms with Crippen LogP contribution in [0.5, 0.6) is 0 Å². The van der Waals surface area contributed by atoms with Crippen molar-refractivity contribution in [3.8, 4) is 0 Å². The fourth-order valence-corrected chi connectivity index (χ4v) is 2.04. The van der Waals surface area contributed by atoms with Crippen molar-refractivity contribution >= 4 is 5.91 Å². The molecule has 0 aromatic carbocycles. The van der Waals surface area contributed by atoms with Gasteiger partial charge in [0.25, 0.3) is 0 Å². The van der Waals surface area contributed by atoms with Gasteiger partial charge in [-0.2, -0.15) is 0 Å². The minimum absolute atomic E-state index is 0.137. The maximum absolute atomic E-state index is 11.3. The average molecular weight is 198 g/mol. The summed E-state index contributed by atoms with van der Waals surface area (Å²) in [6.07, 6.45) is 8.90. The van der Waals surface area contributed by atoms with Gasteiger partial charge < -0.3 is 10.6 Å². The second-order valence-corrected chi connectivity index (χ2v) is 4.14. The fourth-order valence-electron chi connectivity index (χ4n) is 2.04. The molecule has 0 radical (unpaired) electrons. The van der Waals surface area contributed by atoms with Gasteiger partial charge in [-0.15, -0.1) is 0 Å². The first-order valence-corrected chi connectivity index (χ1v) is 5.77. The van der Waals surface area contributed by atoms with Crippen LogP contribution in [0.4, 0.5) is 0 Å². The number of nitrogens with one attached hydrogen (secondary N) is 2. The zero-order valence-corrected chi connectivity index (χ0v) is 9.14. The largest absolute Gasteiger partial charge is 0.352 e. The van der Waals surface area contributed by atoms with E-state index >= 15 is 0 Å². The molecule has 0 aromatic heterocycles. The highest BCUT2D eigenvalue weighted by molar-refractivity contribution is 5.78. The SMILES string of the molecule is CNCC(=O)NC1CCCCCCC1. The van der Waals surface area contributed by atoms with E-state index in [0.29, 0.717) is 12.6 Å². The highest BCUT2D eigenvalue weighted by Crippen LogP contribution is 2.16. The first kappa shape index (κ1) is 11.5. The zero-order valence-electron chi connectivity index (χ0n) is 9.14. The van der Waals surface area contributed by atoms with Crippen molar-refractivity contribution in [2.24, 2.45) is 0 Å². The molecule has 0 unspecified atom stereocenters. The average Bonchev–Trinajstić information content (AvgIpc) is 2.10. The van der Waals surface area contributed by atoms with Crippen LogP contribution in [0, 0.1) is 0 Å². The van der Waals surface area contributed by atoms with Crippen LogP contribution in [-0.4, -0.2) is 25.5 Å². The molecule has 0 saturated heterocycles. The van der Waals surface area contributed by atoms with Crippen LogP contribution in [0.15, 0.2) is 0 Å². The van der Waals surface area contributed by atoms with Gasteiger partial charge in [-0.05, 0) is 19.9 Å². The molecular formula is C11H22N2O. The minimum Gasteiger partial charge on any atom is -0.352 e. The van der Waals surface area contributed by atoms with Crippen LogP contribution in [0.2, 0.25) is 0 Å². The van der Waals surface area contributed by atoms with Crippen LogP contribution < -0.4 is 10.6 Å². The number of hydrogen-bond donors (Lipinski definition) is 2. The molecule has 1 rings (SSSR count). The second-order valence-electron chi connectivity index (χ2n) is 4.14. The highest BCUT2D eigenvalue weighted by atomic mass is 16.1. The minimum atomic E-state index is 0.137. The van der Waals surface area contributed by atoms with Crippen molar-refractivity contribution in [1.29, 1.82) is 0 Å². The van der Waals surface area contributed by atoms with Gasteiger partial charge in [0.1, 0.15) is 0 Å². The van der Waals surface area contributed by atoms with Gasteiger partial charge in [-0.3, -0.25) is 4.79 Å². The zero-order chi connectivity index (χ0) is 10.2. The Morgan fingerprint density at radius 3 is 2.29 bits per heavy atom. The molecule has 14 heavy (non-hydrogen) atoms. The van der Waals surface area contributed by atoms with Crippen LogP contribution in [0.1, 0.15) is 44.9 Å². The van der Waals surface area contributed by atoms with E-state index in [1.54, 1.807) is 7.05 Å². The summed E-state index contributed by atoms with van der Waals surface area (Å²) in [5.74, 6) is 0.137. The molecule has 0 heterocycles. The van der Waals surface area contributed by atoms with Crippen LogP contribution in [-0.2, 0) is 4.79 Å². The molecule has 0 atom stereocenters. The molecule has 0 aliphatic heterocycles. The molecule has 1 saturated carbocycles. The third kappa shape index (κ3) is 4.61. The number of likely N-dealkylation sites (N-methyl/N-ethyl adjacent to an activating group) is 1. The van der Waals surface area contributed by atoms with Crippen LogP contribution in [0.25, 0.3) is 0 Å². The van der Waals surface area contributed by atoms with Crippen molar-refractivity contribution in [2.75, 3.05) is 13.6 Å². The summed E-state index contributed by atoms with van der Waals surface area (Å²) >= 11 is 0. The molecule has 1 aliphatic rings. The normalized spacial score (nSPS) is 19.8. The van der Waals surface area contributed by atoms with Crippen LogP contribution >= 0.6 is 0 Å². The molecule has 0 spiro atoms. The van der Waals surface area contributed by atoms with Gasteiger partial charge in [0, 0.05) is 6.04 Å². The van der Waals surface area contributed by atoms with E-state index in [1.807, 2.05) is 0 Å². The van der Waals surface area contributed by atoms with E-state index in [9.17, 15) is 4.79 Å². The van der Waals surface area contributed by atoms with E-state index in [1.165, 1.54) is 32.1 Å². The standard InChI is InChI=1S/C11H22N2O/c1-12-9-11(14)13-10-7-5-3-2-4-6-8-10/h10,12H,2-9H2,1H3,(H,13,14). The first-order valence-electron chi connectivity index (χ1n) is 5.77. The van der Waals surface area contributed by atoms with Gasteiger partial charge in [-0.1, -0.05) is 32.1 Å². The van der Waals surface area contributed by atoms with Crippen molar-refractivity contribution in [3.63, 3.8) is 0 Å². The maximum atomic E-state index is 11.3. The Bertz CT molecular complexity index is 163. The maximum Gasteiger partial charge on any atom is 0.234 e. The quantitative estimate of drug-likeness (QED) is 0.720. The van der Waals surface area contributed by atoms with E-state index < -0.39 is 0 Å². The predicted molar refractivity (Wildman–Crippen MR) is 58.2 cm³/mol. The Morgan fingerprint density at radius 1 is 1.14 bits per heavy atom. The number of amides is 1. The molecule has 1 fully saturated rings. The lowest BCUT2D eigenvalue weighted by Crippen LogP contribution is -2.39. The Labute approximate surface area is 86.6 Å². The summed E-state index contributed by atoms with van der Waals surface area (Å²) in [6, 6.07) is 0.427. The van der Waals surface area contributed by atoms with Crippen molar-refractivity contribution in [3.05, 3.63) is 0 Å². The van der Waals surface area contributed by atoms with Gasteiger partial charge in [0.2, 0.25) is 5.91 Å². The molecule has 0 bridgehead atoms. The van der Waals surface area contributed by atoms with Crippen molar-refractivity contribution in [2.45, 2.75) is 51.0 Å². The van der Waals surface area contributed by atoms with E-state index in [-0.39, 0.29) is 5.91 Å². The molecular weight excluding hydrogens is 176 g/mol. The molecule has 2 N–H and O–H groups in total. The topological polar surface area (TPSA) is 41.1 Å². The number of rotatable bonds is 3. The molecule has 82 valence electrons. The Balaban J connectivity index is 2.22. The summed E-state index contributed by atoms with van der Waals surface area (Å²) in [7, 11) is 1.80. The van der Waals surface area contributed by atoms with Gasteiger partial charge in [0.15, 0.2) is 0 Å². The summed E-state index contributed by atoms with van der Waals surface area (Å²) in [5.41, 5.74) is 0. The molecule has 3 heteroatoms. The lowest BCUT2D eigenvalue weighted by atomic mass is 9.97. The Hall–Kier alpha value is -0.570. The number of carbonyl (C=O) groups excluding carboxylic acids is 1. The second kappa shape index (κ2) is 6.82.